The van der Waals surface area contributed by atoms with Crippen molar-refractivity contribution in [3.8, 4) is 0 Å². The molecule has 0 unspecified atom stereocenters. The van der Waals surface area contributed by atoms with Gasteiger partial charge >= 0.3 is 5.97 Å². The van der Waals surface area contributed by atoms with Crippen LogP contribution in [-0.4, -0.2) is 32.1 Å². The minimum Gasteiger partial charge on any atom is -0.465 e. The standard InChI is InChI=1S/C15H21NO5S/c1-4-6-14(15(18)21-5-2)16-22(19,20)13-9-7-12(8-10-13)11(3)17/h4,7-11,14,16-17H,1,5-6H2,2-3H3/t11-,14-/m0/s1. The van der Waals surface area contributed by atoms with Gasteiger partial charge in [0.1, 0.15) is 6.04 Å². The Labute approximate surface area is 130 Å². The molecule has 0 spiro atoms. The molecule has 0 aliphatic carbocycles. The van der Waals surface area contributed by atoms with Gasteiger partial charge < -0.3 is 9.84 Å². The van der Waals surface area contributed by atoms with Crippen molar-refractivity contribution >= 4 is 16.0 Å². The van der Waals surface area contributed by atoms with Crippen LogP contribution < -0.4 is 4.72 Å². The zero-order valence-corrected chi connectivity index (χ0v) is 13.5. The predicted molar refractivity (Wildman–Crippen MR) is 82.6 cm³/mol. The molecule has 6 nitrogen and oxygen atoms in total. The summed E-state index contributed by atoms with van der Waals surface area (Å²) < 4.78 is 31.7. The average molecular weight is 327 g/mol. The van der Waals surface area contributed by atoms with Crippen molar-refractivity contribution in [2.24, 2.45) is 0 Å². The van der Waals surface area contributed by atoms with E-state index in [0.717, 1.165) is 0 Å². The highest BCUT2D eigenvalue weighted by molar-refractivity contribution is 7.89. The first-order valence-electron chi connectivity index (χ1n) is 6.89. The summed E-state index contributed by atoms with van der Waals surface area (Å²) in [7, 11) is -3.87. The van der Waals surface area contributed by atoms with Crippen molar-refractivity contribution in [1.29, 1.82) is 0 Å². The van der Waals surface area contributed by atoms with Crippen molar-refractivity contribution in [3.63, 3.8) is 0 Å². The fraction of sp³-hybridized carbons (Fsp3) is 0.400. The number of nitrogens with one attached hydrogen (secondary N) is 1. The Morgan fingerprint density at radius 2 is 2.00 bits per heavy atom. The van der Waals surface area contributed by atoms with E-state index < -0.39 is 28.1 Å². The lowest BCUT2D eigenvalue weighted by Gasteiger charge is -2.16. The second kappa shape index (κ2) is 8.07. The number of esters is 1. The highest BCUT2D eigenvalue weighted by Gasteiger charge is 2.25. The summed E-state index contributed by atoms with van der Waals surface area (Å²) in [6.45, 7) is 6.90. The van der Waals surface area contributed by atoms with Gasteiger partial charge in [0.05, 0.1) is 17.6 Å². The molecule has 1 rings (SSSR count). The van der Waals surface area contributed by atoms with Gasteiger partial charge in [-0.2, -0.15) is 4.72 Å². The molecule has 0 amide bonds. The maximum atomic E-state index is 12.3. The Morgan fingerprint density at radius 1 is 1.41 bits per heavy atom. The van der Waals surface area contributed by atoms with Crippen LogP contribution in [0.3, 0.4) is 0 Å². The molecule has 0 saturated heterocycles. The third kappa shape index (κ3) is 4.94. The summed E-state index contributed by atoms with van der Waals surface area (Å²) in [5, 5.41) is 9.43. The molecule has 22 heavy (non-hydrogen) atoms. The van der Waals surface area contributed by atoms with Gasteiger partial charge in [0, 0.05) is 0 Å². The first-order chi connectivity index (χ1) is 10.3. The van der Waals surface area contributed by atoms with Gasteiger partial charge in [0.15, 0.2) is 0 Å². The van der Waals surface area contributed by atoms with E-state index in [1.807, 2.05) is 0 Å². The van der Waals surface area contributed by atoms with Crippen LogP contribution in [-0.2, 0) is 19.6 Å². The molecular formula is C15H21NO5S. The normalized spacial score (nSPS) is 14.1. The molecular weight excluding hydrogens is 306 g/mol. The number of rotatable bonds is 8. The van der Waals surface area contributed by atoms with E-state index in [1.54, 1.807) is 13.8 Å². The number of benzene rings is 1. The van der Waals surface area contributed by atoms with Gasteiger partial charge in [-0.15, -0.1) is 6.58 Å². The first-order valence-corrected chi connectivity index (χ1v) is 8.38. The number of carbonyl (C=O) groups excluding carboxylic acids is 1. The average Bonchev–Trinajstić information content (AvgIpc) is 2.47. The molecule has 0 radical (unpaired) electrons. The van der Waals surface area contributed by atoms with E-state index in [4.69, 9.17) is 4.74 Å². The third-order valence-electron chi connectivity index (χ3n) is 2.94. The van der Waals surface area contributed by atoms with Gasteiger partial charge in [-0.1, -0.05) is 18.2 Å². The first kappa shape index (κ1) is 18.3. The number of carbonyl (C=O) groups is 1. The number of ether oxygens (including phenoxy) is 1. The molecule has 0 aromatic heterocycles. The lowest BCUT2D eigenvalue weighted by molar-refractivity contribution is -0.145. The van der Waals surface area contributed by atoms with Crippen LogP contribution in [0.2, 0.25) is 0 Å². The van der Waals surface area contributed by atoms with Crippen LogP contribution in [0, 0.1) is 0 Å². The lowest BCUT2D eigenvalue weighted by atomic mass is 10.1. The van der Waals surface area contributed by atoms with Crippen molar-refractivity contribution < 1.29 is 23.1 Å². The quantitative estimate of drug-likeness (QED) is 0.558. The number of hydrogen-bond donors (Lipinski definition) is 2. The summed E-state index contributed by atoms with van der Waals surface area (Å²) in [6.07, 6.45) is 0.891. The molecule has 1 aromatic rings. The number of sulfonamides is 1. The van der Waals surface area contributed by atoms with Crippen molar-refractivity contribution in [1.82, 2.24) is 4.72 Å². The molecule has 7 heteroatoms. The fourth-order valence-electron chi connectivity index (χ4n) is 1.78. The second-order valence-corrected chi connectivity index (χ2v) is 6.41. The van der Waals surface area contributed by atoms with Crippen molar-refractivity contribution in [2.75, 3.05) is 6.61 Å². The van der Waals surface area contributed by atoms with Crippen LogP contribution in [0.4, 0.5) is 0 Å². The highest BCUT2D eigenvalue weighted by atomic mass is 32.2. The monoisotopic (exact) mass is 327 g/mol. The largest absolute Gasteiger partial charge is 0.465 e. The zero-order valence-electron chi connectivity index (χ0n) is 12.7. The Balaban J connectivity index is 2.96. The molecule has 0 aliphatic rings. The summed E-state index contributed by atoms with van der Waals surface area (Å²) in [6, 6.07) is 4.78. The number of hydrogen-bond acceptors (Lipinski definition) is 5. The van der Waals surface area contributed by atoms with Crippen molar-refractivity contribution in [2.45, 2.75) is 37.3 Å². The van der Waals surface area contributed by atoms with E-state index >= 15 is 0 Å². The Hall–Kier alpha value is -1.70. The van der Waals surface area contributed by atoms with E-state index in [-0.39, 0.29) is 17.9 Å². The SMILES string of the molecule is C=CC[C@H](NS(=O)(=O)c1ccc([C@H](C)O)cc1)C(=O)OCC. The van der Waals surface area contributed by atoms with Gasteiger partial charge in [-0.05, 0) is 38.0 Å². The van der Waals surface area contributed by atoms with Crippen LogP contribution in [0.1, 0.15) is 31.9 Å². The molecule has 2 atom stereocenters. The van der Waals surface area contributed by atoms with Crippen LogP contribution in [0.25, 0.3) is 0 Å². The summed E-state index contributed by atoms with van der Waals surface area (Å²) >= 11 is 0. The molecule has 2 N–H and O–H groups in total. The van der Waals surface area contributed by atoms with Gasteiger partial charge in [0.2, 0.25) is 10.0 Å². The summed E-state index contributed by atoms with van der Waals surface area (Å²) in [4.78, 5) is 11.8. The Bertz CT molecular complexity index is 607. The number of aliphatic hydroxyl groups excluding tert-OH is 1. The second-order valence-electron chi connectivity index (χ2n) is 4.70. The van der Waals surface area contributed by atoms with Gasteiger partial charge in [-0.25, -0.2) is 8.42 Å². The van der Waals surface area contributed by atoms with E-state index in [0.29, 0.717) is 5.56 Å². The van der Waals surface area contributed by atoms with Crippen molar-refractivity contribution in [3.05, 3.63) is 42.5 Å². The summed E-state index contributed by atoms with van der Waals surface area (Å²) in [5.41, 5.74) is 0.604. The molecule has 122 valence electrons. The zero-order chi connectivity index (χ0) is 16.8. The third-order valence-corrected chi connectivity index (χ3v) is 4.43. The minimum absolute atomic E-state index is 0.00950. The number of aliphatic hydroxyl groups is 1. The maximum Gasteiger partial charge on any atom is 0.324 e. The van der Waals surface area contributed by atoms with Gasteiger partial charge in [0.25, 0.3) is 0 Å². The Kier molecular flexibility index (Phi) is 6.73. The molecule has 0 fully saturated rings. The summed E-state index contributed by atoms with van der Waals surface area (Å²) in [5.74, 6) is -0.647. The molecule has 0 heterocycles. The molecule has 1 aromatic carbocycles. The smallest absolute Gasteiger partial charge is 0.324 e. The molecule has 0 aliphatic heterocycles. The Morgan fingerprint density at radius 3 is 2.45 bits per heavy atom. The fourth-order valence-corrected chi connectivity index (χ4v) is 2.98. The van der Waals surface area contributed by atoms with Crippen LogP contribution in [0.15, 0.2) is 41.8 Å². The van der Waals surface area contributed by atoms with Gasteiger partial charge in [-0.3, -0.25) is 4.79 Å². The molecule has 0 bridgehead atoms. The highest BCUT2D eigenvalue weighted by Crippen LogP contribution is 2.16. The topological polar surface area (TPSA) is 92.7 Å². The van der Waals surface area contributed by atoms with E-state index in [9.17, 15) is 18.3 Å². The predicted octanol–water partition coefficient (Wildman–Crippen LogP) is 1.53. The lowest BCUT2D eigenvalue weighted by Crippen LogP contribution is -2.41. The maximum absolute atomic E-state index is 12.3. The minimum atomic E-state index is -3.87. The molecule has 0 saturated carbocycles. The van der Waals surface area contributed by atoms with E-state index in [2.05, 4.69) is 11.3 Å². The van der Waals surface area contributed by atoms with Crippen LogP contribution >= 0.6 is 0 Å². The van der Waals surface area contributed by atoms with Crippen LogP contribution in [0.5, 0.6) is 0 Å². The van der Waals surface area contributed by atoms with E-state index in [1.165, 1.54) is 30.3 Å².